The van der Waals surface area contributed by atoms with Gasteiger partial charge in [-0.2, -0.15) is 0 Å². The molecule has 1 aliphatic rings. The number of rotatable bonds is 9. The van der Waals surface area contributed by atoms with E-state index in [0.29, 0.717) is 41.0 Å². The van der Waals surface area contributed by atoms with E-state index in [9.17, 15) is 14.4 Å². The number of halogens is 1. The first-order chi connectivity index (χ1) is 17.4. The van der Waals surface area contributed by atoms with Crippen LogP contribution in [0, 0.1) is 5.92 Å². The molecule has 1 aliphatic heterocycles. The predicted molar refractivity (Wildman–Crippen MR) is 137 cm³/mol. The maximum absolute atomic E-state index is 12.7. The van der Waals surface area contributed by atoms with Gasteiger partial charge in [-0.3, -0.25) is 14.4 Å². The van der Waals surface area contributed by atoms with Gasteiger partial charge in [0.25, 0.3) is 5.91 Å². The van der Waals surface area contributed by atoms with Crippen LogP contribution in [0.5, 0.6) is 11.5 Å². The molecule has 1 heterocycles. The monoisotopic (exact) mass is 507 g/mol. The highest BCUT2D eigenvalue weighted by molar-refractivity contribution is 6.30. The molecule has 0 unspecified atom stereocenters. The second kappa shape index (κ2) is 11.6. The lowest BCUT2D eigenvalue weighted by atomic mass is 10.1. The van der Waals surface area contributed by atoms with Crippen LogP contribution in [0.15, 0.2) is 72.8 Å². The zero-order valence-electron chi connectivity index (χ0n) is 19.7. The van der Waals surface area contributed by atoms with Gasteiger partial charge in [0.1, 0.15) is 11.5 Å². The number of amides is 3. The van der Waals surface area contributed by atoms with Gasteiger partial charge in [0.05, 0.1) is 13.0 Å². The highest BCUT2D eigenvalue weighted by Crippen LogP contribution is 2.27. The quantitative estimate of drug-likeness (QED) is 0.455. The second-order valence-corrected chi connectivity index (χ2v) is 8.71. The molecule has 1 fully saturated rings. The smallest absolute Gasteiger partial charge is 0.262 e. The fraction of sp³-hybridized carbons (Fsp3) is 0.222. The third-order valence-corrected chi connectivity index (χ3v) is 6.04. The standard InChI is InChI=1S/C27H26ClN3O5/c1-35-24-5-3-2-4-18(24)15-29-27(34)19-14-26(33)31(16-19)22-10-12-23(13-11-22)36-17-25(32)30-21-8-6-20(28)7-9-21/h2-13,19H,14-17H2,1H3,(H,29,34)(H,30,32)/t19-/m1/s1. The Hall–Kier alpha value is -4.04. The SMILES string of the molecule is COc1ccccc1CNC(=O)[C@@H]1CC(=O)N(c2ccc(OCC(=O)Nc3ccc(Cl)cc3)cc2)C1. The molecule has 0 aromatic heterocycles. The Kier molecular flexibility index (Phi) is 8.07. The minimum Gasteiger partial charge on any atom is -0.496 e. The Labute approximate surface area is 214 Å². The van der Waals surface area contributed by atoms with Crippen LogP contribution in [-0.2, 0) is 20.9 Å². The maximum atomic E-state index is 12.7. The van der Waals surface area contributed by atoms with Gasteiger partial charge in [0, 0.05) is 41.5 Å². The van der Waals surface area contributed by atoms with E-state index in [-0.39, 0.29) is 30.7 Å². The molecule has 186 valence electrons. The molecular weight excluding hydrogens is 482 g/mol. The Morgan fingerprint density at radius 1 is 1.03 bits per heavy atom. The topological polar surface area (TPSA) is 97.0 Å². The van der Waals surface area contributed by atoms with E-state index in [4.69, 9.17) is 21.1 Å². The number of benzene rings is 3. The van der Waals surface area contributed by atoms with Crippen molar-refractivity contribution in [2.75, 3.05) is 30.5 Å². The van der Waals surface area contributed by atoms with E-state index in [1.165, 1.54) is 0 Å². The Balaban J connectivity index is 1.27. The number of para-hydroxylation sites is 1. The van der Waals surface area contributed by atoms with Crippen LogP contribution in [-0.4, -0.2) is 38.0 Å². The number of ether oxygens (including phenoxy) is 2. The second-order valence-electron chi connectivity index (χ2n) is 8.27. The summed E-state index contributed by atoms with van der Waals surface area (Å²) in [5.41, 5.74) is 2.15. The van der Waals surface area contributed by atoms with E-state index >= 15 is 0 Å². The van der Waals surface area contributed by atoms with Gasteiger partial charge in [-0.1, -0.05) is 29.8 Å². The lowest BCUT2D eigenvalue weighted by Gasteiger charge is -2.17. The molecule has 3 aromatic rings. The fourth-order valence-corrected chi connectivity index (χ4v) is 4.04. The van der Waals surface area contributed by atoms with Crippen LogP contribution < -0.4 is 25.0 Å². The van der Waals surface area contributed by atoms with Crippen molar-refractivity contribution in [1.82, 2.24) is 5.32 Å². The average Bonchev–Trinajstić information content (AvgIpc) is 3.29. The Morgan fingerprint density at radius 2 is 1.75 bits per heavy atom. The van der Waals surface area contributed by atoms with Crippen molar-refractivity contribution in [3.63, 3.8) is 0 Å². The molecule has 3 amide bonds. The van der Waals surface area contributed by atoms with Gasteiger partial charge in [0.2, 0.25) is 11.8 Å². The number of hydrogen-bond donors (Lipinski definition) is 2. The molecule has 0 radical (unpaired) electrons. The number of anilines is 2. The van der Waals surface area contributed by atoms with Gasteiger partial charge < -0.3 is 25.0 Å². The molecule has 9 heteroatoms. The van der Waals surface area contributed by atoms with Crippen LogP contribution in [0.1, 0.15) is 12.0 Å². The van der Waals surface area contributed by atoms with Gasteiger partial charge in [-0.15, -0.1) is 0 Å². The molecule has 0 saturated carbocycles. The van der Waals surface area contributed by atoms with Gasteiger partial charge in [-0.05, 0) is 54.6 Å². The van der Waals surface area contributed by atoms with Crippen molar-refractivity contribution >= 4 is 40.7 Å². The molecular formula is C27H26ClN3O5. The lowest BCUT2D eigenvalue weighted by molar-refractivity contribution is -0.126. The third-order valence-electron chi connectivity index (χ3n) is 5.79. The summed E-state index contributed by atoms with van der Waals surface area (Å²) < 4.78 is 10.9. The van der Waals surface area contributed by atoms with E-state index in [1.54, 1.807) is 60.5 Å². The molecule has 36 heavy (non-hydrogen) atoms. The fourth-order valence-electron chi connectivity index (χ4n) is 3.91. The highest BCUT2D eigenvalue weighted by Gasteiger charge is 2.35. The number of nitrogens with one attached hydrogen (secondary N) is 2. The molecule has 2 N–H and O–H groups in total. The molecule has 8 nitrogen and oxygen atoms in total. The van der Waals surface area contributed by atoms with E-state index < -0.39 is 5.92 Å². The summed E-state index contributed by atoms with van der Waals surface area (Å²) in [5.74, 6) is 0.138. The van der Waals surface area contributed by atoms with Crippen LogP contribution in [0.4, 0.5) is 11.4 Å². The number of carbonyl (C=O) groups is 3. The summed E-state index contributed by atoms with van der Waals surface area (Å²) in [6.07, 6.45) is 0.140. The minimum absolute atomic E-state index is 0.122. The number of nitrogens with zero attached hydrogens (tertiary/aromatic N) is 1. The zero-order valence-corrected chi connectivity index (χ0v) is 20.5. The van der Waals surface area contributed by atoms with Crippen molar-refractivity contribution in [2.24, 2.45) is 5.92 Å². The number of hydrogen-bond acceptors (Lipinski definition) is 5. The van der Waals surface area contributed by atoms with Crippen LogP contribution in [0.25, 0.3) is 0 Å². The summed E-state index contributed by atoms with van der Waals surface area (Å²) in [7, 11) is 1.58. The van der Waals surface area contributed by atoms with Crippen molar-refractivity contribution in [2.45, 2.75) is 13.0 Å². The minimum atomic E-state index is -0.445. The largest absolute Gasteiger partial charge is 0.496 e. The van der Waals surface area contributed by atoms with Crippen molar-refractivity contribution in [1.29, 1.82) is 0 Å². The summed E-state index contributed by atoms with van der Waals surface area (Å²) >= 11 is 5.84. The third kappa shape index (κ3) is 6.34. The number of methoxy groups -OCH3 is 1. The van der Waals surface area contributed by atoms with Gasteiger partial charge >= 0.3 is 0 Å². The maximum Gasteiger partial charge on any atom is 0.262 e. The molecule has 1 saturated heterocycles. The average molecular weight is 508 g/mol. The molecule has 0 aliphatic carbocycles. The van der Waals surface area contributed by atoms with Gasteiger partial charge in [0.15, 0.2) is 6.61 Å². The van der Waals surface area contributed by atoms with E-state index in [0.717, 1.165) is 5.56 Å². The van der Waals surface area contributed by atoms with Crippen LogP contribution in [0.2, 0.25) is 5.02 Å². The molecule has 3 aromatic carbocycles. The molecule has 1 atom stereocenters. The summed E-state index contributed by atoms with van der Waals surface area (Å²) in [6, 6.07) is 21.1. The molecule has 0 bridgehead atoms. The summed E-state index contributed by atoms with van der Waals surface area (Å²) in [5, 5.41) is 6.21. The van der Waals surface area contributed by atoms with Crippen molar-refractivity contribution < 1.29 is 23.9 Å². The first-order valence-corrected chi connectivity index (χ1v) is 11.8. The van der Waals surface area contributed by atoms with Crippen molar-refractivity contribution in [3.8, 4) is 11.5 Å². The molecule has 4 rings (SSSR count). The van der Waals surface area contributed by atoms with E-state index in [2.05, 4.69) is 10.6 Å². The van der Waals surface area contributed by atoms with Gasteiger partial charge in [-0.25, -0.2) is 0 Å². The summed E-state index contributed by atoms with van der Waals surface area (Å²) in [6.45, 7) is 0.449. The molecule has 0 spiro atoms. The predicted octanol–water partition coefficient (Wildman–Crippen LogP) is 4.04. The first kappa shape index (κ1) is 25.1. The van der Waals surface area contributed by atoms with Crippen LogP contribution >= 0.6 is 11.6 Å². The zero-order chi connectivity index (χ0) is 25.5. The highest BCUT2D eigenvalue weighted by atomic mass is 35.5. The van der Waals surface area contributed by atoms with Crippen LogP contribution in [0.3, 0.4) is 0 Å². The first-order valence-electron chi connectivity index (χ1n) is 11.4. The Morgan fingerprint density at radius 3 is 2.47 bits per heavy atom. The lowest BCUT2D eigenvalue weighted by Crippen LogP contribution is -2.32. The normalized spacial score (nSPS) is 14.9. The van der Waals surface area contributed by atoms with E-state index in [1.807, 2.05) is 24.3 Å². The summed E-state index contributed by atoms with van der Waals surface area (Å²) in [4.78, 5) is 39.0. The van der Waals surface area contributed by atoms with Crippen molar-refractivity contribution in [3.05, 3.63) is 83.4 Å². The Bertz CT molecular complexity index is 1230. The number of carbonyl (C=O) groups excluding carboxylic acids is 3.